The Morgan fingerprint density at radius 2 is 2.06 bits per heavy atom. The van der Waals surface area contributed by atoms with E-state index >= 15 is 0 Å². The van der Waals surface area contributed by atoms with Crippen LogP contribution in [0.15, 0.2) is 18.2 Å². The third-order valence-corrected chi connectivity index (χ3v) is 4.17. The number of hydrogen-bond acceptors (Lipinski definition) is 2. The zero-order valence-corrected chi connectivity index (χ0v) is 12.2. The lowest BCUT2D eigenvalue weighted by molar-refractivity contribution is 0.609. The smallest absolute Gasteiger partial charge is 0.0642 e. The van der Waals surface area contributed by atoms with Gasteiger partial charge in [-0.3, -0.25) is 0 Å². The maximum Gasteiger partial charge on any atom is 0.0642 e. The van der Waals surface area contributed by atoms with Crippen LogP contribution in [0.1, 0.15) is 32.3 Å². The van der Waals surface area contributed by atoms with Gasteiger partial charge in [-0.2, -0.15) is 0 Å². The van der Waals surface area contributed by atoms with Crippen LogP contribution < -0.4 is 10.6 Å². The van der Waals surface area contributed by atoms with Crippen molar-refractivity contribution in [1.82, 2.24) is 0 Å². The standard InChI is InChI=1S/C15H23ClN2/c1-10(17)8-12-4-7-15(14(16)9-12)18(3)11(2)13-5-6-13/h4,7,9-11,13H,5-6,8,17H2,1-3H3. The first-order valence-corrected chi connectivity index (χ1v) is 7.13. The van der Waals surface area contributed by atoms with E-state index in [4.69, 9.17) is 17.3 Å². The van der Waals surface area contributed by atoms with Crippen molar-refractivity contribution in [3.63, 3.8) is 0 Å². The van der Waals surface area contributed by atoms with Gasteiger partial charge in [0.2, 0.25) is 0 Å². The summed E-state index contributed by atoms with van der Waals surface area (Å²) in [4.78, 5) is 2.30. The average Bonchev–Trinajstić information content (AvgIpc) is 3.10. The van der Waals surface area contributed by atoms with E-state index in [1.807, 2.05) is 6.92 Å². The number of hydrogen-bond donors (Lipinski definition) is 1. The van der Waals surface area contributed by atoms with Gasteiger partial charge < -0.3 is 10.6 Å². The lowest BCUT2D eigenvalue weighted by atomic mass is 10.1. The van der Waals surface area contributed by atoms with Crippen molar-refractivity contribution in [1.29, 1.82) is 0 Å². The Kier molecular flexibility index (Phi) is 4.18. The third kappa shape index (κ3) is 3.18. The van der Waals surface area contributed by atoms with E-state index in [-0.39, 0.29) is 6.04 Å². The molecule has 0 bridgehead atoms. The zero-order valence-electron chi connectivity index (χ0n) is 11.5. The van der Waals surface area contributed by atoms with Crippen molar-refractivity contribution in [3.8, 4) is 0 Å². The first kappa shape index (κ1) is 13.7. The van der Waals surface area contributed by atoms with Crippen molar-refractivity contribution in [2.75, 3.05) is 11.9 Å². The first-order chi connectivity index (χ1) is 8.49. The highest BCUT2D eigenvalue weighted by Gasteiger charge is 2.31. The van der Waals surface area contributed by atoms with E-state index in [1.165, 1.54) is 18.4 Å². The minimum Gasteiger partial charge on any atom is -0.370 e. The summed E-state index contributed by atoms with van der Waals surface area (Å²) in [5.74, 6) is 0.842. The minimum atomic E-state index is 0.176. The topological polar surface area (TPSA) is 29.3 Å². The molecule has 1 aliphatic rings. The van der Waals surface area contributed by atoms with E-state index in [0.717, 1.165) is 23.0 Å². The molecule has 2 rings (SSSR count). The summed E-state index contributed by atoms with van der Waals surface area (Å²) in [6, 6.07) is 7.06. The van der Waals surface area contributed by atoms with Gasteiger partial charge in [-0.05, 0) is 56.7 Å². The molecule has 100 valence electrons. The Morgan fingerprint density at radius 3 is 2.56 bits per heavy atom. The molecule has 0 saturated heterocycles. The summed E-state index contributed by atoms with van der Waals surface area (Å²) in [6.07, 6.45) is 3.58. The second-order valence-electron chi connectivity index (χ2n) is 5.66. The number of rotatable bonds is 5. The van der Waals surface area contributed by atoms with Crippen LogP contribution in [-0.4, -0.2) is 19.1 Å². The molecule has 1 aromatic rings. The highest BCUT2D eigenvalue weighted by Crippen LogP contribution is 2.38. The van der Waals surface area contributed by atoms with Crippen molar-refractivity contribution in [3.05, 3.63) is 28.8 Å². The fraction of sp³-hybridized carbons (Fsp3) is 0.600. The van der Waals surface area contributed by atoms with E-state index < -0.39 is 0 Å². The van der Waals surface area contributed by atoms with Crippen molar-refractivity contribution in [2.24, 2.45) is 11.7 Å². The molecule has 0 amide bonds. The molecule has 1 aliphatic carbocycles. The lowest BCUT2D eigenvalue weighted by Crippen LogP contribution is -2.30. The largest absolute Gasteiger partial charge is 0.370 e. The summed E-state index contributed by atoms with van der Waals surface area (Å²) < 4.78 is 0. The molecule has 2 N–H and O–H groups in total. The summed E-state index contributed by atoms with van der Waals surface area (Å²) in [5.41, 5.74) is 8.16. The van der Waals surface area contributed by atoms with Crippen molar-refractivity contribution < 1.29 is 0 Å². The van der Waals surface area contributed by atoms with Crippen LogP contribution in [0.25, 0.3) is 0 Å². The van der Waals surface area contributed by atoms with Gasteiger partial charge in [0.05, 0.1) is 10.7 Å². The predicted octanol–water partition coefficient (Wildman–Crippen LogP) is 3.46. The normalized spacial score (nSPS) is 18.5. The van der Waals surface area contributed by atoms with E-state index in [2.05, 4.69) is 37.1 Å². The van der Waals surface area contributed by atoms with E-state index in [9.17, 15) is 0 Å². The van der Waals surface area contributed by atoms with Crippen LogP contribution in [0.4, 0.5) is 5.69 Å². The number of nitrogens with zero attached hydrogens (tertiary/aromatic N) is 1. The SMILES string of the molecule is CC(N)Cc1ccc(N(C)C(C)C2CC2)c(Cl)c1. The van der Waals surface area contributed by atoms with Gasteiger partial charge in [0.25, 0.3) is 0 Å². The summed E-state index contributed by atoms with van der Waals surface area (Å²) in [7, 11) is 2.13. The molecule has 0 aromatic heterocycles. The number of nitrogens with two attached hydrogens (primary N) is 1. The Morgan fingerprint density at radius 1 is 1.39 bits per heavy atom. The molecule has 1 fully saturated rings. The number of halogens is 1. The Balaban J connectivity index is 2.13. The first-order valence-electron chi connectivity index (χ1n) is 6.76. The van der Waals surface area contributed by atoms with Gasteiger partial charge in [-0.15, -0.1) is 0 Å². The molecule has 0 spiro atoms. The molecule has 3 heteroatoms. The van der Waals surface area contributed by atoms with Crippen LogP contribution in [0.3, 0.4) is 0 Å². The predicted molar refractivity (Wildman–Crippen MR) is 79.4 cm³/mol. The van der Waals surface area contributed by atoms with Gasteiger partial charge in [0.15, 0.2) is 0 Å². The van der Waals surface area contributed by atoms with Gasteiger partial charge in [-0.1, -0.05) is 17.7 Å². The van der Waals surface area contributed by atoms with Crippen LogP contribution >= 0.6 is 11.6 Å². The molecule has 0 aliphatic heterocycles. The van der Waals surface area contributed by atoms with Gasteiger partial charge in [0.1, 0.15) is 0 Å². The Hall–Kier alpha value is -0.730. The van der Waals surface area contributed by atoms with Crippen molar-refractivity contribution >= 4 is 17.3 Å². The van der Waals surface area contributed by atoms with E-state index in [0.29, 0.717) is 6.04 Å². The average molecular weight is 267 g/mol. The number of anilines is 1. The monoisotopic (exact) mass is 266 g/mol. The molecular formula is C15H23ClN2. The molecular weight excluding hydrogens is 244 g/mol. The highest BCUT2D eigenvalue weighted by atomic mass is 35.5. The van der Waals surface area contributed by atoms with E-state index in [1.54, 1.807) is 0 Å². The summed E-state index contributed by atoms with van der Waals surface area (Å²) >= 11 is 6.39. The van der Waals surface area contributed by atoms with Crippen LogP contribution in [-0.2, 0) is 6.42 Å². The molecule has 2 atom stereocenters. The second-order valence-corrected chi connectivity index (χ2v) is 6.06. The minimum absolute atomic E-state index is 0.176. The molecule has 18 heavy (non-hydrogen) atoms. The maximum atomic E-state index is 6.39. The van der Waals surface area contributed by atoms with Crippen LogP contribution in [0.5, 0.6) is 0 Å². The van der Waals surface area contributed by atoms with Gasteiger partial charge >= 0.3 is 0 Å². The van der Waals surface area contributed by atoms with Crippen molar-refractivity contribution in [2.45, 2.75) is 45.2 Å². The quantitative estimate of drug-likeness (QED) is 0.884. The van der Waals surface area contributed by atoms with Crippen LogP contribution in [0.2, 0.25) is 5.02 Å². The molecule has 1 saturated carbocycles. The summed E-state index contributed by atoms with van der Waals surface area (Å²) in [6.45, 7) is 4.30. The second kappa shape index (κ2) is 5.50. The number of benzene rings is 1. The fourth-order valence-corrected chi connectivity index (χ4v) is 2.79. The molecule has 0 radical (unpaired) electrons. The molecule has 2 nitrogen and oxygen atoms in total. The Labute approximate surface area is 115 Å². The zero-order chi connectivity index (χ0) is 13.3. The maximum absolute atomic E-state index is 6.39. The molecule has 1 aromatic carbocycles. The molecule has 2 unspecified atom stereocenters. The van der Waals surface area contributed by atoms with Gasteiger partial charge in [-0.25, -0.2) is 0 Å². The van der Waals surface area contributed by atoms with Crippen LogP contribution in [0, 0.1) is 5.92 Å². The fourth-order valence-electron chi connectivity index (χ4n) is 2.45. The lowest BCUT2D eigenvalue weighted by Gasteiger charge is -2.28. The molecule has 0 heterocycles. The Bertz CT molecular complexity index is 413. The van der Waals surface area contributed by atoms with Gasteiger partial charge in [0, 0.05) is 19.1 Å². The highest BCUT2D eigenvalue weighted by molar-refractivity contribution is 6.33. The third-order valence-electron chi connectivity index (χ3n) is 3.86. The summed E-state index contributed by atoms with van der Waals surface area (Å²) in [5, 5.41) is 0.836.